The molecule has 1 amide bonds. The van der Waals surface area contributed by atoms with Crippen LogP contribution in [-0.4, -0.2) is 26.7 Å². The summed E-state index contributed by atoms with van der Waals surface area (Å²) in [5.74, 6) is 0.392. The number of amides is 1. The number of hydrogen-bond donors (Lipinski definition) is 2. The highest BCUT2D eigenvalue weighted by Gasteiger charge is 2.37. The first-order valence-corrected chi connectivity index (χ1v) is 14.6. The molecule has 6 nitrogen and oxygen atoms in total. The zero-order valence-corrected chi connectivity index (χ0v) is 24.6. The van der Waals surface area contributed by atoms with Gasteiger partial charge in [0.05, 0.1) is 28.9 Å². The van der Waals surface area contributed by atoms with E-state index in [-0.39, 0.29) is 18.4 Å². The molecule has 1 atom stereocenters. The van der Waals surface area contributed by atoms with Crippen LogP contribution in [0.1, 0.15) is 61.7 Å². The number of rotatable bonds is 5. The third kappa shape index (κ3) is 5.45. The van der Waals surface area contributed by atoms with E-state index in [9.17, 15) is 4.79 Å². The lowest BCUT2D eigenvalue weighted by Crippen LogP contribution is -2.42. The van der Waals surface area contributed by atoms with Crippen LogP contribution in [0.2, 0.25) is 15.1 Å². The molecular formula is C31H29Cl3N4O2. The molecule has 4 aromatic rings. The minimum Gasteiger partial charge on any atom is -0.471 e. The van der Waals surface area contributed by atoms with E-state index in [4.69, 9.17) is 44.5 Å². The molecule has 0 bridgehead atoms. The van der Waals surface area contributed by atoms with Crippen molar-refractivity contribution in [3.05, 3.63) is 86.1 Å². The van der Waals surface area contributed by atoms with Crippen molar-refractivity contribution in [3.8, 4) is 28.3 Å². The lowest BCUT2D eigenvalue weighted by molar-refractivity contribution is -0.121. The summed E-state index contributed by atoms with van der Waals surface area (Å²) in [5, 5.41) is 12.5. The number of carbonyl (C=O) groups excluding carboxylic acids is 1. The normalized spacial score (nSPS) is 17.5. The predicted octanol–water partition coefficient (Wildman–Crippen LogP) is 7.94. The average molecular weight is 596 g/mol. The maximum atomic E-state index is 13.4. The molecule has 206 valence electrons. The van der Waals surface area contributed by atoms with Crippen LogP contribution in [0.3, 0.4) is 0 Å². The summed E-state index contributed by atoms with van der Waals surface area (Å²) in [7, 11) is 0. The molecule has 0 unspecified atom stereocenters. The van der Waals surface area contributed by atoms with Gasteiger partial charge >= 0.3 is 0 Å². The molecule has 3 heterocycles. The highest BCUT2D eigenvalue weighted by molar-refractivity contribution is 6.36. The van der Waals surface area contributed by atoms with Crippen LogP contribution in [0.5, 0.6) is 5.88 Å². The van der Waals surface area contributed by atoms with Crippen LogP contribution in [0.15, 0.2) is 48.5 Å². The Kier molecular flexibility index (Phi) is 7.28. The number of aryl methyl sites for hydroxylation is 1. The number of halogens is 3. The largest absolute Gasteiger partial charge is 0.471 e. The van der Waals surface area contributed by atoms with Gasteiger partial charge in [-0.25, -0.2) is 4.98 Å². The SMILES string of the molecule is CC1(C)C[C@@H](NC(=O)Cc2n[nH]c3c2CCCC3)c2cc(-c3ccc(Cl)cc3)c(-c3ccc(Cl)cc3Cl)nc2O1. The fraction of sp³-hybridized carbons (Fsp3) is 0.323. The maximum Gasteiger partial charge on any atom is 0.226 e. The first-order valence-electron chi connectivity index (χ1n) is 13.5. The van der Waals surface area contributed by atoms with Gasteiger partial charge in [-0.1, -0.05) is 46.9 Å². The molecule has 1 aliphatic heterocycles. The minimum absolute atomic E-state index is 0.0774. The molecule has 0 radical (unpaired) electrons. The van der Waals surface area contributed by atoms with E-state index in [0.717, 1.165) is 59.3 Å². The van der Waals surface area contributed by atoms with Gasteiger partial charge < -0.3 is 10.1 Å². The summed E-state index contributed by atoms with van der Waals surface area (Å²) in [6.07, 6.45) is 5.06. The fourth-order valence-electron chi connectivity index (χ4n) is 5.71. The van der Waals surface area contributed by atoms with Crippen LogP contribution >= 0.6 is 34.8 Å². The first-order chi connectivity index (χ1) is 19.2. The number of benzene rings is 2. The van der Waals surface area contributed by atoms with Gasteiger partial charge in [-0.05, 0) is 87.1 Å². The van der Waals surface area contributed by atoms with Crippen molar-refractivity contribution in [2.24, 2.45) is 0 Å². The second kappa shape index (κ2) is 10.7. The molecule has 2 N–H and O–H groups in total. The van der Waals surface area contributed by atoms with E-state index in [0.29, 0.717) is 33.1 Å². The molecule has 2 aromatic heterocycles. The molecule has 9 heteroatoms. The average Bonchev–Trinajstić information content (AvgIpc) is 3.30. The van der Waals surface area contributed by atoms with E-state index >= 15 is 0 Å². The molecule has 0 spiro atoms. The second-order valence-electron chi connectivity index (χ2n) is 11.1. The smallest absolute Gasteiger partial charge is 0.226 e. The van der Waals surface area contributed by atoms with Crippen LogP contribution in [-0.2, 0) is 24.1 Å². The molecule has 6 rings (SSSR count). The zero-order chi connectivity index (χ0) is 28.0. The Hall–Kier alpha value is -3.06. The number of carbonyl (C=O) groups is 1. The number of ether oxygens (including phenoxy) is 1. The van der Waals surface area contributed by atoms with E-state index in [1.807, 2.05) is 50.2 Å². The second-order valence-corrected chi connectivity index (χ2v) is 12.4. The summed E-state index contributed by atoms with van der Waals surface area (Å²) in [4.78, 5) is 18.4. The monoisotopic (exact) mass is 594 g/mol. The Morgan fingerprint density at radius 1 is 1.02 bits per heavy atom. The summed E-state index contributed by atoms with van der Waals surface area (Å²) in [5.41, 5.74) is 6.63. The maximum absolute atomic E-state index is 13.4. The van der Waals surface area contributed by atoms with E-state index in [1.165, 1.54) is 5.56 Å². The molecule has 40 heavy (non-hydrogen) atoms. The summed E-state index contributed by atoms with van der Waals surface area (Å²) < 4.78 is 6.38. The molecule has 2 aromatic carbocycles. The Morgan fingerprint density at radius 2 is 1.77 bits per heavy atom. The van der Waals surface area contributed by atoms with Gasteiger partial charge in [0.2, 0.25) is 11.8 Å². The van der Waals surface area contributed by atoms with Crippen molar-refractivity contribution in [1.82, 2.24) is 20.5 Å². The number of aromatic nitrogens is 3. The molecule has 0 fully saturated rings. The van der Waals surface area contributed by atoms with E-state index in [1.54, 1.807) is 12.1 Å². The van der Waals surface area contributed by atoms with Crippen molar-refractivity contribution in [3.63, 3.8) is 0 Å². The Morgan fingerprint density at radius 3 is 2.55 bits per heavy atom. The van der Waals surface area contributed by atoms with Crippen LogP contribution < -0.4 is 10.1 Å². The van der Waals surface area contributed by atoms with Gasteiger partial charge in [0, 0.05) is 38.9 Å². The summed E-state index contributed by atoms with van der Waals surface area (Å²) in [6.45, 7) is 4.01. The van der Waals surface area contributed by atoms with Crippen LogP contribution in [0.25, 0.3) is 22.4 Å². The van der Waals surface area contributed by atoms with Gasteiger partial charge in [0.15, 0.2) is 0 Å². The predicted molar refractivity (Wildman–Crippen MR) is 159 cm³/mol. The van der Waals surface area contributed by atoms with Crippen molar-refractivity contribution in [1.29, 1.82) is 0 Å². The van der Waals surface area contributed by atoms with Crippen molar-refractivity contribution < 1.29 is 9.53 Å². The summed E-state index contributed by atoms with van der Waals surface area (Å²) >= 11 is 19.1. The van der Waals surface area contributed by atoms with E-state index < -0.39 is 5.60 Å². The number of hydrogen-bond acceptors (Lipinski definition) is 4. The summed E-state index contributed by atoms with van der Waals surface area (Å²) in [6, 6.07) is 14.7. The first kappa shape index (κ1) is 27.1. The topological polar surface area (TPSA) is 79.9 Å². The molecule has 2 aliphatic rings. The van der Waals surface area contributed by atoms with Crippen LogP contribution in [0.4, 0.5) is 0 Å². The lowest BCUT2D eigenvalue weighted by atomic mass is 9.88. The lowest BCUT2D eigenvalue weighted by Gasteiger charge is -2.37. The highest BCUT2D eigenvalue weighted by Crippen LogP contribution is 2.45. The number of nitrogens with zero attached hydrogens (tertiary/aromatic N) is 2. The van der Waals surface area contributed by atoms with Gasteiger partial charge in [-0.15, -0.1) is 0 Å². The standard InChI is InChI=1S/C31H29Cl3N4O2/c1-31(2)16-27(35-28(39)15-26-21-5-3-4-6-25(21)37-38-26)23-14-22(17-7-9-18(32)10-8-17)29(36-30(23)40-31)20-12-11-19(33)13-24(20)34/h7-14,27H,3-6,15-16H2,1-2H3,(H,35,39)(H,37,38)/t27-/m1/s1. The number of aromatic amines is 1. The molecule has 1 aliphatic carbocycles. The number of pyridine rings is 1. The van der Waals surface area contributed by atoms with E-state index in [2.05, 4.69) is 15.5 Å². The van der Waals surface area contributed by atoms with Gasteiger partial charge in [0.1, 0.15) is 5.60 Å². The van der Waals surface area contributed by atoms with Crippen LogP contribution in [0, 0.1) is 0 Å². The minimum atomic E-state index is -0.549. The fourth-order valence-corrected chi connectivity index (χ4v) is 6.33. The molecule has 0 saturated heterocycles. The number of fused-ring (bicyclic) bond motifs is 2. The Balaban J connectivity index is 1.40. The van der Waals surface area contributed by atoms with Gasteiger partial charge in [-0.3, -0.25) is 9.89 Å². The quantitative estimate of drug-likeness (QED) is 0.245. The molecule has 0 saturated carbocycles. The molecular weight excluding hydrogens is 567 g/mol. The zero-order valence-electron chi connectivity index (χ0n) is 22.3. The van der Waals surface area contributed by atoms with Crippen molar-refractivity contribution >= 4 is 40.7 Å². The number of nitrogens with one attached hydrogen (secondary N) is 2. The van der Waals surface area contributed by atoms with Gasteiger partial charge in [-0.2, -0.15) is 5.10 Å². The third-order valence-corrected chi connectivity index (χ3v) is 8.41. The van der Waals surface area contributed by atoms with Crippen molar-refractivity contribution in [2.75, 3.05) is 0 Å². The van der Waals surface area contributed by atoms with Crippen molar-refractivity contribution in [2.45, 2.75) is 64.0 Å². The van der Waals surface area contributed by atoms with Gasteiger partial charge in [0.25, 0.3) is 0 Å². The number of H-pyrrole nitrogens is 1. The Labute approximate surface area is 248 Å². The third-order valence-electron chi connectivity index (χ3n) is 7.61. The highest BCUT2D eigenvalue weighted by atomic mass is 35.5. The Bertz CT molecular complexity index is 1600.